The fourth-order valence-corrected chi connectivity index (χ4v) is 2.59. The summed E-state index contributed by atoms with van der Waals surface area (Å²) in [5, 5.41) is 0. The average Bonchev–Trinajstić information content (AvgIpc) is 2.33. The van der Waals surface area contributed by atoms with Crippen molar-refractivity contribution in [2.75, 3.05) is 6.61 Å². The topological polar surface area (TPSA) is 35.2 Å². The van der Waals surface area contributed by atoms with Crippen LogP contribution in [0.3, 0.4) is 0 Å². The minimum Gasteiger partial charge on any atom is -0.377 e. The van der Waals surface area contributed by atoms with Crippen molar-refractivity contribution in [3.8, 4) is 0 Å². The Hall–Kier alpha value is -0.860. The number of hydrogen-bond acceptors (Lipinski definition) is 2. The van der Waals surface area contributed by atoms with E-state index in [1.165, 1.54) is 12.0 Å². The zero-order valence-electron chi connectivity index (χ0n) is 9.93. The van der Waals surface area contributed by atoms with E-state index in [1.54, 1.807) is 0 Å². The van der Waals surface area contributed by atoms with Gasteiger partial charge in [-0.25, -0.2) is 0 Å². The first-order chi connectivity index (χ1) is 7.81. The van der Waals surface area contributed by atoms with Gasteiger partial charge in [-0.3, -0.25) is 0 Å². The Balaban J connectivity index is 2.03. The Morgan fingerprint density at radius 2 is 2.00 bits per heavy atom. The van der Waals surface area contributed by atoms with Gasteiger partial charge in [-0.2, -0.15) is 0 Å². The van der Waals surface area contributed by atoms with Crippen molar-refractivity contribution >= 4 is 0 Å². The minimum atomic E-state index is 0.222. The molecule has 0 heterocycles. The van der Waals surface area contributed by atoms with Gasteiger partial charge < -0.3 is 10.5 Å². The third-order valence-corrected chi connectivity index (χ3v) is 3.49. The van der Waals surface area contributed by atoms with Gasteiger partial charge in [0.05, 0.1) is 6.10 Å². The molecule has 0 spiro atoms. The van der Waals surface area contributed by atoms with E-state index in [1.807, 2.05) is 6.92 Å². The minimum absolute atomic E-state index is 0.222. The van der Waals surface area contributed by atoms with Gasteiger partial charge in [0, 0.05) is 12.6 Å². The maximum absolute atomic E-state index is 6.08. The van der Waals surface area contributed by atoms with Crippen LogP contribution in [0.2, 0.25) is 0 Å². The lowest BCUT2D eigenvalue weighted by atomic mass is 9.80. The Morgan fingerprint density at radius 3 is 2.69 bits per heavy atom. The van der Waals surface area contributed by atoms with Crippen LogP contribution in [0.1, 0.15) is 37.7 Å². The van der Waals surface area contributed by atoms with Crippen LogP contribution >= 0.6 is 0 Å². The average molecular weight is 219 g/mol. The molecule has 16 heavy (non-hydrogen) atoms. The molecule has 2 N–H and O–H groups in total. The molecule has 1 aliphatic rings. The first kappa shape index (κ1) is 11.6. The van der Waals surface area contributed by atoms with Crippen molar-refractivity contribution in [3.63, 3.8) is 0 Å². The zero-order chi connectivity index (χ0) is 11.4. The third-order valence-electron chi connectivity index (χ3n) is 3.49. The SMILES string of the molecule is CCOC1CC(c2ccccc2)CCC1N. The first-order valence-corrected chi connectivity index (χ1v) is 6.23. The molecule has 1 aliphatic carbocycles. The summed E-state index contributed by atoms with van der Waals surface area (Å²) in [5.41, 5.74) is 7.51. The number of hydrogen-bond donors (Lipinski definition) is 1. The van der Waals surface area contributed by atoms with Gasteiger partial charge in [-0.05, 0) is 37.7 Å². The molecule has 0 saturated heterocycles. The Morgan fingerprint density at radius 1 is 1.25 bits per heavy atom. The summed E-state index contributed by atoms with van der Waals surface area (Å²) in [6.07, 6.45) is 3.57. The smallest absolute Gasteiger partial charge is 0.0731 e. The van der Waals surface area contributed by atoms with Crippen molar-refractivity contribution in [3.05, 3.63) is 35.9 Å². The predicted octanol–water partition coefficient (Wildman–Crippen LogP) is 2.69. The Bertz CT molecular complexity index is 312. The normalized spacial score (nSPS) is 30.2. The maximum Gasteiger partial charge on any atom is 0.0731 e. The van der Waals surface area contributed by atoms with E-state index < -0.39 is 0 Å². The molecule has 88 valence electrons. The molecule has 2 rings (SSSR count). The summed E-state index contributed by atoms with van der Waals surface area (Å²) >= 11 is 0. The van der Waals surface area contributed by atoms with Crippen LogP contribution in [0.4, 0.5) is 0 Å². The number of rotatable bonds is 3. The summed E-state index contributed by atoms with van der Waals surface area (Å²) in [5.74, 6) is 0.623. The predicted molar refractivity (Wildman–Crippen MR) is 66.4 cm³/mol. The van der Waals surface area contributed by atoms with Crippen molar-refractivity contribution in [2.45, 2.75) is 44.2 Å². The largest absolute Gasteiger partial charge is 0.377 e. The first-order valence-electron chi connectivity index (χ1n) is 6.23. The van der Waals surface area contributed by atoms with E-state index in [9.17, 15) is 0 Å². The lowest BCUT2D eigenvalue weighted by Gasteiger charge is -2.34. The maximum atomic E-state index is 6.08. The van der Waals surface area contributed by atoms with E-state index >= 15 is 0 Å². The molecule has 3 unspecified atom stereocenters. The second kappa shape index (κ2) is 5.46. The molecule has 0 aliphatic heterocycles. The van der Waals surface area contributed by atoms with Crippen LogP contribution in [0, 0.1) is 0 Å². The fourth-order valence-electron chi connectivity index (χ4n) is 2.59. The quantitative estimate of drug-likeness (QED) is 0.848. The molecular formula is C14H21NO. The zero-order valence-corrected chi connectivity index (χ0v) is 9.93. The highest BCUT2D eigenvalue weighted by Gasteiger charge is 2.29. The van der Waals surface area contributed by atoms with Gasteiger partial charge in [0.25, 0.3) is 0 Å². The molecule has 2 heteroatoms. The van der Waals surface area contributed by atoms with Crippen molar-refractivity contribution in [1.82, 2.24) is 0 Å². The molecule has 0 bridgehead atoms. The molecule has 1 fully saturated rings. The van der Waals surface area contributed by atoms with E-state index in [2.05, 4.69) is 30.3 Å². The molecular weight excluding hydrogens is 198 g/mol. The van der Waals surface area contributed by atoms with Crippen LogP contribution in [0.25, 0.3) is 0 Å². The lowest BCUT2D eigenvalue weighted by Crippen LogP contribution is -2.41. The molecule has 0 radical (unpaired) electrons. The highest BCUT2D eigenvalue weighted by molar-refractivity contribution is 5.20. The third kappa shape index (κ3) is 2.63. The Labute approximate surface area is 97.8 Å². The standard InChI is InChI=1S/C14H21NO/c1-2-16-14-10-12(8-9-13(14)15)11-6-4-3-5-7-11/h3-7,12-14H,2,8-10,15H2,1H3. The van der Waals surface area contributed by atoms with Crippen LogP contribution < -0.4 is 5.73 Å². The second-order valence-electron chi connectivity index (χ2n) is 4.58. The Kier molecular flexibility index (Phi) is 3.97. The van der Waals surface area contributed by atoms with E-state index in [0.717, 1.165) is 19.4 Å². The number of nitrogens with two attached hydrogens (primary N) is 1. The van der Waals surface area contributed by atoms with Gasteiger partial charge in [-0.1, -0.05) is 30.3 Å². The summed E-state index contributed by atoms with van der Waals surface area (Å²) in [6.45, 7) is 2.80. The number of ether oxygens (including phenoxy) is 1. The van der Waals surface area contributed by atoms with Crippen LogP contribution in [0.5, 0.6) is 0 Å². The molecule has 0 aromatic heterocycles. The summed E-state index contributed by atoms with van der Waals surface area (Å²) in [7, 11) is 0. The van der Waals surface area contributed by atoms with Crippen molar-refractivity contribution < 1.29 is 4.74 Å². The van der Waals surface area contributed by atoms with Crippen molar-refractivity contribution in [1.29, 1.82) is 0 Å². The molecule has 1 saturated carbocycles. The van der Waals surface area contributed by atoms with Gasteiger partial charge in [-0.15, -0.1) is 0 Å². The fraction of sp³-hybridized carbons (Fsp3) is 0.571. The molecule has 1 aromatic rings. The highest BCUT2D eigenvalue weighted by atomic mass is 16.5. The second-order valence-corrected chi connectivity index (χ2v) is 4.58. The number of benzene rings is 1. The van der Waals surface area contributed by atoms with Crippen LogP contribution in [-0.2, 0) is 4.74 Å². The van der Waals surface area contributed by atoms with Gasteiger partial charge in [0.15, 0.2) is 0 Å². The molecule has 0 amide bonds. The molecule has 3 atom stereocenters. The van der Waals surface area contributed by atoms with Crippen LogP contribution in [-0.4, -0.2) is 18.8 Å². The highest BCUT2D eigenvalue weighted by Crippen LogP contribution is 2.33. The summed E-state index contributed by atoms with van der Waals surface area (Å²) < 4.78 is 5.72. The van der Waals surface area contributed by atoms with E-state index in [0.29, 0.717) is 5.92 Å². The van der Waals surface area contributed by atoms with Gasteiger partial charge in [0.2, 0.25) is 0 Å². The molecule has 1 aromatic carbocycles. The lowest BCUT2D eigenvalue weighted by molar-refractivity contribution is 0.0168. The van der Waals surface area contributed by atoms with Gasteiger partial charge >= 0.3 is 0 Å². The van der Waals surface area contributed by atoms with Crippen LogP contribution in [0.15, 0.2) is 30.3 Å². The monoisotopic (exact) mass is 219 g/mol. The van der Waals surface area contributed by atoms with E-state index in [4.69, 9.17) is 10.5 Å². The van der Waals surface area contributed by atoms with E-state index in [-0.39, 0.29) is 12.1 Å². The summed E-state index contributed by atoms with van der Waals surface area (Å²) in [4.78, 5) is 0. The molecule has 2 nitrogen and oxygen atoms in total. The summed E-state index contributed by atoms with van der Waals surface area (Å²) in [6, 6.07) is 10.9. The van der Waals surface area contributed by atoms with Crippen molar-refractivity contribution in [2.24, 2.45) is 5.73 Å². The van der Waals surface area contributed by atoms with Gasteiger partial charge in [0.1, 0.15) is 0 Å².